The van der Waals surface area contributed by atoms with E-state index in [0.717, 1.165) is 22.0 Å². The number of rotatable bonds is 10. The lowest BCUT2D eigenvalue weighted by Crippen LogP contribution is -2.53. The first kappa shape index (κ1) is 42.7. The number of benzene rings is 4. The molecule has 62 heavy (non-hydrogen) atoms. The van der Waals surface area contributed by atoms with Crippen molar-refractivity contribution in [2.24, 2.45) is 23.7 Å². The maximum Gasteiger partial charge on any atom is 0.301 e. The molecule has 2 heterocycles. The zero-order chi connectivity index (χ0) is 44.7. The van der Waals surface area contributed by atoms with E-state index >= 15 is 9.59 Å². The number of hydrazine groups is 1. The molecule has 6 unspecified atom stereocenters. The molecule has 17 nitrogen and oxygen atoms in total. The molecular formula is C42H35Cl2IN6O11. The number of nitro benzene ring substituents is 2. The third-order valence-electron chi connectivity index (χ3n) is 12.3. The van der Waals surface area contributed by atoms with Gasteiger partial charge in [0, 0.05) is 37.2 Å². The zero-order valence-corrected chi connectivity index (χ0v) is 36.8. The molecule has 4 aromatic rings. The number of fused-ring (bicyclic) bond motifs is 4. The monoisotopic (exact) mass is 996 g/mol. The summed E-state index contributed by atoms with van der Waals surface area (Å²) in [5.74, 6) is -7.74. The molecule has 2 aliphatic heterocycles. The number of aromatic hydroxyl groups is 1. The Bertz CT molecular complexity index is 2640. The third kappa shape index (κ3) is 6.40. The Labute approximate surface area is 376 Å². The van der Waals surface area contributed by atoms with Crippen molar-refractivity contribution < 1.29 is 43.6 Å². The summed E-state index contributed by atoms with van der Waals surface area (Å²) < 4.78 is 11.4. The highest BCUT2D eigenvalue weighted by molar-refractivity contribution is 14.1. The van der Waals surface area contributed by atoms with Gasteiger partial charge in [0.25, 0.3) is 11.8 Å². The van der Waals surface area contributed by atoms with Gasteiger partial charge in [-0.1, -0.05) is 47.0 Å². The normalized spacial score (nSPS) is 24.0. The van der Waals surface area contributed by atoms with Gasteiger partial charge in [0.1, 0.15) is 5.75 Å². The Kier molecular flexibility index (Phi) is 10.8. The fraction of sp³-hybridized carbons (Fsp3) is 0.286. The van der Waals surface area contributed by atoms with E-state index in [1.54, 1.807) is 42.5 Å². The number of carbonyl (C=O) groups is 4. The van der Waals surface area contributed by atoms with Crippen molar-refractivity contribution in [3.63, 3.8) is 0 Å². The number of ether oxygens (including phenoxy) is 2. The quantitative estimate of drug-likeness (QED) is 0.0522. The van der Waals surface area contributed by atoms with Crippen LogP contribution in [-0.2, 0) is 24.6 Å². The minimum atomic E-state index is -1.73. The molecule has 20 heteroatoms. The van der Waals surface area contributed by atoms with Crippen LogP contribution in [0.4, 0.5) is 28.4 Å². The fourth-order valence-electron chi connectivity index (χ4n) is 9.84. The summed E-state index contributed by atoms with van der Waals surface area (Å²) in [5, 5.41) is 36.9. The number of hydrogen-bond donors (Lipinski definition) is 2. The average molecular weight is 998 g/mol. The van der Waals surface area contributed by atoms with Gasteiger partial charge in [0.05, 0.1) is 67.2 Å². The highest BCUT2D eigenvalue weighted by atomic mass is 127. The molecule has 8 rings (SSSR count). The Morgan fingerprint density at radius 1 is 0.887 bits per heavy atom. The number of nitrogens with one attached hydrogen (secondary N) is 1. The molecule has 6 atom stereocenters. The van der Waals surface area contributed by atoms with Crippen LogP contribution in [0.2, 0.25) is 10.0 Å². The molecule has 2 N–H and O–H groups in total. The van der Waals surface area contributed by atoms with Crippen LogP contribution in [0.1, 0.15) is 29.9 Å². The summed E-state index contributed by atoms with van der Waals surface area (Å²) in [6.45, 7) is 0. The summed E-state index contributed by atoms with van der Waals surface area (Å²) in [6.07, 6.45) is 1.66. The van der Waals surface area contributed by atoms with Crippen LogP contribution in [-0.4, -0.2) is 71.9 Å². The summed E-state index contributed by atoms with van der Waals surface area (Å²) in [7, 11) is 5.65. The Morgan fingerprint density at radius 3 is 2.13 bits per heavy atom. The highest BCUT2D eigenvalue weighted by Crippen LogP contribution is 2.65. The van der Waals surface area contributed by atoms with Crippen molar-refractivity contribution in [1.82, 2.24) is 5.01 Å². The van der Waals surface area contributed by atoms with Crippen LogP contribution in [0, 0.1) is 47.5 Å². The number of nitro groups is 2. The molecule has 4 amide bonds. The second-order valence-electron chi connectivity index (χ2n) is 15.5. The van der Waals surface area contributed by atoms with Crippen LogP contribution in [0.25, 0.3) is 0 Å². The summed E-state index contributed by atoms with van der Waals surface area (Å²) >= 11 is 14.7. The molecule has 2 aliphatic carbocycles. The molecule has 4 aromatic carbocycles. The zero-order valence-electron chi connectivity index (χ0n) is 33.1. The van der Waals surface area contributed by atoms with E-state index in [2.05, 4.69) is 5.43 Å². The Balaban J connectivity index is 1.34. The maximum atomic E-state index is 15.6. The molecule has 2 saturated heterocycles. The molecule has 1 saturated carbocycles. The minimum Gasteiger partial charge on any atom is -0.504 e. The van der Waals surface area contributed by atoms with Gasteiger partial charge in [-0.3, -0.25) is 44.8 Å². The number of phenols is 1. The number of nitrogens with zero attached hydrogens (tertiary/aromatic N) is 5. The van der Waals surface area contributed by atoms with Crippen molar-refractivity contribution in [3.05, 3.63) is 123 Å². The molecule has 4 aliphatic rings. The van der Waals surface area contributed by atoms with E-state index in [1.165, 1.54) is 51.4 Å². The summed E-state index contributed by atoms with van der Waals surface area (Å²) in [5.41, 5.74) is 0.786. The number of methoxy groups -OCH3 is 2. The molecule has 0 spiro atoms. The molecule has 0 radical (unpaired) electrons. The van der Waals surface area contributed by atoms with E-state index < -0.39 is 79.9 Å². The number of amides is 4. The third-order valence-corrected chi connectivity index (χ3v) is 13.7. The number of hydrogen-bond acceptors (Lipinski definition) is 13. The minimum absolute atomic E-state index is 0.0196. The Morgan fingerprint density at radius 2 is 1.55 bits per heavy atom. The van der Waals surface area contributed by atoms with Gasteiger partial charge in [-0.25, -0.2) is 4.90 Å². The second-order valence-corrected chi connectivity index (χ2v) is 17.5. The first-order valence-electron chi connectivity index (χ1n) is 19.0. The van der Waals surface area contributed by atoms with Crippen molar-refractivity contribution in [1.29, 1.82) is 0 Å². The highest BCUT2D eigenvalue weighted by Gasteiger charge is 2.70. The second kappa shape index (κ2) is 15.7. The topological polar surface area (TPSA) is 215 Å². The number of anilines is 3. The predicted octanol–water partition coefficient (Wildman–Crippen LogP) is 7.39. The van der Waals surface area contributed by atoms with Crippen LogP contribution < -0.4 is 24.7 Å². The van der Waals surface area contributed by atoms with Crippen molar-refractivity contribution in [2.75, 3.05) is 43.5 Å². The van der Waals surface area contributed by atoms with Crippen molar-refractivity contribution >= 4 is 97.9 Å². The number of halogens is 3. The van der Waals surface area contributed by atoms with E-state index in [4.69, 9.17) is 32.7 Å². The Hall–Kier alpha value is -5.99. The molecule has 0 bridgehead atoms. The van der Waals surface area contributed by atoms with E-state index in [-0.39, 0.29) is 46.4 Å². The number of allylic oxidation sites excluding steroid dienone is 2. The molecule has 0 aromatic heterocycles. The lowest BCUT2D eigenvalue weighted by molar-refractivity contribution is -0.392. The molecular weight excluding hydrogens is 962 g/mol. The summed E-state index contributed by atoms with van der Waals surface area (Å²) in [4.78, 5) is 85.0. The van der Waals surface area contributed by atoms with Gasteiger partial charge in [0.15, 0.2) is 17.2 Å². The summed E-state index contributed by atoms with van der Waals surface area (Å²) in [6, 6.07) is 16.4. The SMILES string of the molecule is COc1ccc(C23C(=O)N(Nc4ccc(Cl)cc4Cl)C(=O)C2CC2C(=CCC4C(=O)N(c5cc([N+](=O)[O-])c(N(C)C)c([N+](=O)[O-])c5)C(=O)C42)C3c2cc(I)c(O)c(OC)c2)cc1. The van der Waals surface area contributed by atoms with Crippen LogP contribution in [0.3, 0.4) is 0 Å². The van der Waals surface area contributed by atoms with Crippen LogP contribution in [0.5, 0.6) is 17.2 Å². The van der Waals surface area contributed by atoms with E-state index in [0.29, 0.717) is 31.0 Å². The van der Waals surface area contributed by atoms with Crippen molar-refractivity contribution in [2.45, 2.75) is 24.2 Å². The number of imide groups is 2. The van der Waals surface area contributed by atoms with Gasteiger partial charge in [-0.2, -0.15) is 5.01 Å². The van der Waals surface area contributed by atoms with Gasteiger partial charge >= 0.3 is 11.4 Å². The first-order chi connectivity index (χ1) is 29.4. The lowest BCUT2D eigenvalue weighted by atomic mass is 9.49. The van der Waals surface area contributed by atoms with Gasteiger partial charge in [-0.15, -0.1) is 0 Å². The largest absolute Gasteiger partial charge is 0.504 e. The average Bonchev–Trinajstić information content (AvgIpc) is 3.62. The maximum absolute atomic E-state index is 15.6. The van der Waals surface area contributed by atoms with Gasteiger partial charge in [-0.05, 0) is 94.9 Å². The standard InChI is InChI=1S/C42H35Cl2IN6O11/c1-47(2)36-31(50(57)58)16-22(17-32(36)51(59)60)48-38(53)25-11-10-24-26(34(25)40(48)55)18-27-39(54)49(46-30-12-7-21(43)15-28(30)44)41(56)42(27,20-5-8-23(61-3)9-6-20)35(24)19-13-29(45)37(52)33(14-19)62-4/h5-10,12-17,25-27,34-35,46,52H,11,18H2,1-4H3. The molecule has 320 valence electrons. The number of carbonyl (C=O) groups excluding carboxylic acids is 4. The van der Waals surface area contributed by atoms with Gasteiger partial charge < -0.3 is 19.5 Å². The molecule has 3 fully saturated rings. The van der Waals surface area contributed by atoms with Crippen LogP contribution in [0.15, 0.2) is 78.4 Å². The predicted molar refractivity (Wildman–Crippen MR) is 235 cm³/mol. The fourth-order valence-corrected chi connectivity index (χ4v) is 10.9. The van der Waals surface area contributed by atoms with E-state index in [1.807, 2.05) is 22.6 Å². The van der Waals surface area contributed by atoms with E-state index in [9.17, 15) is 34.9 Å². The first-order valence-corrected chi connectivity index (χ1v) is 20.8. The lowest BCUT2D eigenvalue weighted by Gasteiger charge is -2.50. The number of phenolic OH excluding ortho intramolecular Hbond substituents is 1. The van der Waals surface area contributed by atoms with Gasteiger partial charge in [0.2, 0.25) is 11.8 Å². The smallest absolute Gasteiger partial charge is 0.301 e. The van der Waals surface area contributed by atoms with Crippen LogP contribution >= 0.6 is 45.8 Å². The van der Waals surface area contributed by atoms with Crippen molar-refractivity contribution in [3.8, 4) is 17.2 Å².